The van der Waals surface area contributed by atoms with Crippen molar-refractivity contribution in [3.8, 4) is 0 Å². The zero-order valence-corrected chi connectivity index (χ0v) is 27.2. The van der Waals surface area contributed by atoms with E-state index in [4.69, 9.17) is 4.42 Å². The summed E-state index contributed by atoms with van der Waals surface area (Å²) in [7, 11) is 0. The molecule has 3 heteroatoms. The average molecular weight is 527 g/mol. The Morgan fingerprint density at radius 3 is 1.53 bits per heavy atom. The fraction of sp³-hybridized carbons (Fsp3) is 0.636. The molecule has 0 saturated heterocycles. The van der Waals surface area contributed by atoms with Gasteiger partial charge in [-0.3, -0.25) is 0 Å². The molecule has 0 amide bonds. The van der Waals surface area contributed by atoms with Crippen LogP contribution in [0, 0.1) is 48.5 Å². The van der Waals surface area contributed by atoms with Crippen LogP contribution in [0.2, 0.25) is 0 Å². The summed E-state index contributed by atoms with van der Waals surface area (Å²) in [6.07, 6.45) is 4.53. The second kappa shape index (κ2) is 10.1. The maximum Gasteiger partial charge on any atom is 0.112 e. The summed E-state index contributed by atoms with van der Waals surface area (Å²) in [5.74, 6) is 2.25. The highest BCUT2D eigenvalue weighted by atomic mass is 32.1. The number of rotatable bonds is 8. The van der Waals surface area contributed by atoms with Crippen molar-refractivity contribution < 1.29 is 4.42 Å². The lowest BCUT2D eigenvalue weighted by Gasteiger charge is -2.29. The molecule has 3 heterocycles. The maximum atomic E-state index is 6.27. The molecule has 200 valence electrons. The second-order valence-corrected chi connectivity index (χ2v) is 15.9. The topological polar surface area (TPSA) is 13.1 Å². The van der Waals surface area contributed by atoms with Crippen molar-refractivity contribution in [1.29, 1.82) is 0 Å². The van der Waals surface area contributed by atoms with Crippen LogP contribution in [0.4, 0.5) is 0 Å². The normalized spacial score (nSPS) is 13.2. The molecule has 0 radical (unpaired) electrons. The van der Waals surface area contributed by atoms with E-state index in [1.54, 1.807) is 15.3 Å². The molecule has 0 saturated carbocycles. The van der Waals surface area contributed by atoms with Gasteiger partial charge < -0.3 is 4.42 Å². The minimum Gasteiger partial charge on any atom is -0.465 e. The van der Waals surface area contributed by atoms with Crippen LogP contribution in [0.3, 0.4) is 0 Å². The van der Waals surface area contributed by atoms with Crippen molar-refractivity contribution in [2.24, 2.45) is 0 Å². The molecule has 1 nitrogen and oxygen atoms in total. The van der Waals surface area contributed by atoms with Crippen LogP contribution in [0.5, 0.6) is 0 Å². The quantitative estimate of drug-likeness (QED) is 0.284. The summed E-state index contributed by atoms with van der Waals surface area (Å²) >= 11 is 4.05. The van der Waals surface area contributed by atoms with Crippen molar-refractivity contribution in [1.82, 2.24) is 0 Å². The number of furan rings is 1. The molecule has 0 spiro atoms. The number of hydrogen-bond donors (Lipinski definition) is 0. The predicted molar refractivity (Wildman–Crippen MR) is 162 cm³/mol. The van der Waals surface area contributed by atoms with E-state index in [1.165, 1.54) is 49.8 Å². The first-order valence-corrected chi connectivity index (χ1v) is 15.3. The predicted octanol–water partition coefficient (Wildman–Crippen LogP) is 10.7. The molecule has 0 bridgehead atoms. The Morgan fingerprint density at radius 1 is 0.556 bits per heavy atom. The van der Waals surface area contributed by atoms with Gasteiger partial charge in [0.25, 0.3) is 0 Å². The van der Waals surface area contributed by atoms with E-state index in [-0.39, 0.29) is 16.2 Å². The minimum atomic E-state index is 0.0297. The zero-order valence-electron chi connectivity index (χ0n) is 25.6. The molecule has 0 fully saturated rings. The third-order valence-electron chi connectivity index (χ3n) is 8.62. The van der Waals surface area contributed by atoms with Crippen LogP contribution >= 0.6 is 22.7 Å². The van der Waals surface area contributed by atoms with Crippen molar-refractivity contribution in [3.05, 3.63) is 64.4 Å². The fourth-order valence-electron chi connectivity index (χ4n) is 5.59. The smallest absolute Gasteiger partial charge is 0.112 e. The standard InChI is InChI=1S/C33H50OS2/c1-19-20(2)29(35-24(19)6)32(11,12)18-16-27-22(4)25(7)36-30(27)33(13,14)17-15-26-21(3)23(5)34-28(26)31(8,9)10/h15-18H2,1-14H3. The third kappa shape index (κ3) is 5.58. The molecule has 36 heavy (non-hydrogen) atoms. The molecule has 3 aromatic heterocycles. The van der Waals surface area contributed by atoms with Crippen LogP contribution in [-0.2, 0) is 29.1 Å². The van der Waals surface area contributed by atoms with E-state index in [1.807, 2.05) is 22.7 Å². The van der Waals surface area contributed by atoms with E-state index < -0.39 is 0 Å². The first-order valence-electron chi connectivity index (χ1n) is 13.6. The maximum absolute atomic E-state index is 6.27. The van der Waals surface area contributed by atoms with Gasteiger partial charge in [0.1, 0.15) is 11.5 Å². The van der Waals surface area contributed by atoms with Crippen molar-refractivity contribution in [2.75, 3.05) is 0 Å². The van der Waals surface area contributed by atoms with E-state index in [2.05, 4.69) is 96.9 Å². The van der Waals surface area contributed by atoms with Crippen LogP contribution in [0.1, 0.15) is 126 Å². The number of aryl methyl sites for hydroxylation is 3. The summed E-state index contributed by atoms with van der Waals surface area (Å²) in [6, 6.07) is 0. The molecule has 3 rings (SSSR count). The highest BCUT2D eigenvalue weighted by Gasteiger charge is 2.32. The highest BCUT2D eigenvalue weighted by molar-refractivity contribution is 7.12. The average Bonchev–Trinajstić information content (AvgIpc) is 3.33. The van der Waals surface area contributed by atoms with Crippen molar-refractivity contribution in [3.63, 3.8) is 0 Å². The van der Waals surface area contributed by atoms with Gasteiger partial charge in [0.2, 0.25) is 0 Å². The molecular weight excluding hydrogens is 476 g/mol. The SMILES string of the molecule is Cc1oc(C(C)(C)C)c(CCC(C)(C)c2sc(C)c(C)c2CCC(C)(C)c2sc(C)c(C)c2C)c1C. The van der Waals surface area contributed by atoms with Crippen LogP contribution in [-0.4, -0.2) is 0 Å². The van der Waals surface area contributed by atoms with E-state index >= 15 is 0 Å². The Kier molecular flexibility index (Phi) is 8.20. The van der Waals surface area contributed by atoms with Gasteiger partial charge >= 0.3 is 0 Å². The lowest BCUT2D eigenvalue weighted by atomic mass is 9.78. The van der Waals surface area contributed by atoms with Crippen LogP contribution < -0.4 is 0 Å². The van der Waals surface area contributed by atoms with Crippen molar-refractivity contribution >= 4 is 22.7 Å². The monoisotopic (exact) mass is 526 g/mol. The summed E-state index contributed by atoms with van der Waals surface area (Å²) < 4.78 is 6.27. The van der Waals surface area contributed by atoms with Gasteiger partial charge in [-0.25, -0.2) is 0 Å². The number of thiophene rings is 2. The molecule has 0 aliphatic heterocycles. The molecule has 0 unspecified atom stereocenters. The van der Waals surface area contributed by atoms with Gasteiger partial charge in [-0.05, 0) is 118 Å². The van der Waals surface area contributed by atoms with Gasteiger partial charge in [-0.2, -0.15) is 0 Å². The van der Waals surface area contributed by atoms with E-state index in [9.17, 15) is 0 Å². The van der Waals surface area contributed by atoms with Gasteiger partial charge in [0, 0.05) is 24.9 Å². The third-order valence-corrected chi connectivity index (χ3v) is 11.9. The Labute approximate surface area is 229 Å². The summed E-state index contributed by atoms with van der Waals surface area (Å²) in [6.45, 7) is 32.5. The minimum absolute atomic E-state index is 0.0297. The first kappa shape index (κ1) is 29.2. The van der Waals surface area contributed by atoms with Crippen LogP contribution in [0.15, 0.2) is 4.42 Å². The van der Waals surface area contributed by atoms with E-state index in [0.717, 1.165) is 25.0 Å². The van der Waals surface area contributed by atoms with Gasteiger partial charge in [0.05, 0.1) is 0 Å². The second-order valence-electron chi connectivity index (χ2n) is 13.4. The zero-order chi connectivity index (χ0) is 27.4. The molecule has 0 atom stereocenters. The Morgan fingerprint density at radius 2 is 1.03 bits per heavy atom. The Hall–Kier alpha value is -1.32. The highest BCUT2D eigenvalue weighted by Crippen LogP contribution is 2.44. The molecule has 0 aromatic carbocycles. The lowest BCUT2D eigenvalue weighted by molar-refractivity contribution is 0.387. The van der Waals surface area contributed by atoms with E-state index in [0.29, 0.717) is 0 Å². The molecular formula is C33H50OS2. The fourth-order valence-corrected chi connectivity index (χ4v) is 8.23. The van der Waals surface area contributed by atoms with Crippen LogP contribution in [0.25, 0.3) is 0 Å². The first-order chi connectivity index (χ1) is 16.4. The van der Waals surface area contributed by atoms with Gasteiger partial charge in [-0.15, -0.1) is 22.7 Å². The Bertz CT molecular complexity index is 1230. The largest absolute Gasteiger partial charge is 0.465 e. The molecule has 0 N–H and O–H groups in total. The summed E-state index contributed by atoms with van der Waals surface area (Å²) in [4.78, 5) is 6.12. The summed E-state index contributed by atoms with van der Waals surface area (Å²) in [5, 5.41) is 0. The molecule has 0 aliphatic rings. The van der Waals surface area contributed by atoms with Gasteiger partial charge in [0.15, 0.2) is 0 Å². The lowest BCUT2D eigenvalue weighted by Crippen LogP contribution is -2.22. The molecule has 0 aliphatic carbocycles. The molecule has 3 aromatic rings. The summed E-state index contributed by atoms with van der Waals surface area (Å²) in [5.41, 5.74) is 9.21. The van der Waals surface area contributed by atoms with Crippen molar-refractivity contribution in [2.45, 2.75) is 139 Å². The Balaban J connectivity index is 1.88. The van der Waals surface area contributed by atoms with Gasteiger partial charge in [-0.1, -0.05) is 48.5 Å². The number of hydrogen-bond acceptors (Lipinski definition) is 3.